The monoisotopic (exact) mass is 374 g/mol. The fourth-order valence-electron chi connectivity index (χ4n) is 2.70. The summed E-state index contributed by atoms with van der Waals surface area (Å²) in [6, 6.07) is 9.05. The van der Waals surface area contributed by atoms with Crippen molar-refractivity contribution in [3.05, 3.63) is 41.4 Å². The first-order valence-electron chi connectivity index (χ1n) is 8.61. The van der Waals surface area contributed by atoms with E-state index in [0.717, 1.165) is 25.9 Å². The van der Waals surface area contributed by atoms with Crippen LogP contribution in [0.4, 0.5) is 5.13 Å². The zero-order chi connectivity index (χ0) is 18.2. The van der Waals surface area contributed by atoms with E-state index in [4.69, 9.17) is 4.74 Å². The highest BCUT2D eigenvalue weighted by molar-refractivity contribution is 7.15. The topological polar surface area (TPSA) is 92.3 Å². The third-order valence-electron chi connectivity index (χ3n) is 4.07. The van der Waals surface area contributed by atoms with E-state index >= 15 is 0 Å². The van der Waals surface area contributed by atoms with Crippen molar-refractivity contribution in [2.45, 2.75) is 18.8 Å². The molecule has 1 aromatic carbocycles. The number of piperidine rings is 1. The quantitative estimate of drug-likeness (QED) is 0.687. The molecule has 26 heavy (non-hydrogen) atoms. The molecule has 2 aromatic rings. The Morgan fingerprint density at radius 2 is 1.96 bits per heavy atom. The summed E-state index contributed by atoms with van der Waals surface area (Å²) in [6.45, 7) is 1.79. The Hall–Kier alpha value is -2.45. The second-order valence-electron chi connectivity index (χ2n) is 6.02. The molecular formula is C18H22N4O3S. The predicted octanol–water partition coefficient (Wildman–Crippen LogP) is 1.74. The maximum atomic E-state index is 12.0. The van der Waals surface area contributed by atoms with Crippen LogP contribution in [0.15, 0.2) is 36.5 Å². The van der Waals surface area contributed by atoms with Gasteiger partial charge in [0.15, 0.2) is 11.7 Å². The average molecular weight is 374 g/mol. The molecule has 1 aromatic heterocycles. The van der Waals surface area contributed by atoms with E-state index in [9.17, 15) is 9.59 Å². The number of rotatable bonds is 7. The van der Waals surface area contributed by atoms with Gasteiger partial charge in [0.05, 0.1) is 6.54 Å². The number of hydrogen-bond donors (Lipinski definition) is 3. The Kier molecular flexibility index (Phi) is 6.56. The summed E-state index contributed by atoms with van der Waals surface area (Å²) in [5.74, 6) is 0.470. The lowest BCUT2D eigenvalue weighted by Crippen LogP contribution is -2.35. The largest absolute Gasteiger partial charge is 0.484 e. The van der Waals surface area contributed by atoms with Crippen molar-refractivity contribution < 1.29 is 14.3 Å². The van der Waals surface area contributed by atoms with Gasteiger partial charge in [0.25, 0.3) is 5.91 Å². The van der Waals surface area contributed by atoms with Gasteiger partial charge in [-0.15, -0.1) is 11.3 Å². The number of carbonyl (C=O) groups excluding carboxylic acids is 2. The molecule has 3 rings (SSSR count). The Balaban J connectivity index is 1.38. The molecule has 0 spiro atoms. The van der Waals surface area contributed by atoms with Crippen molar-refractivity contribution in [2.24, 2.45) is 0 Å². The number of aromatic nitrogens is 1. The number of nitrogens with zero attached hydrogens (tertiary/aromatic N) is 1. The predicted molar refractivity (Wildman–Crippen MR) is 101 cm³/mol. The SMILES string of the molecule is O=C(COc1ccccc1)NCC(=O)Nc1ncc(C2CCNCC2)s1. The number of hydrogen-bond acceptors (Lipinski definition) is 6. The van der Waals surface area contributed by atoms with Gasteiger partial charge in [-0.05, 0) is 44.0 Å². The Morgan fingerprint density at radius 3 is 2.73 bits per heavy atom. The smallest absolute Gasteiger partial charge is 0.258 e. The average Bonchev–Trinajstić information content (AvgIpc) is 3.15. The van der Waals surface area contributed by atoms with E-state index in [2.05, 4.69) is 20.9 Å². The summed E-state index contributed by atoms with van der Waals surface area (Å²) in [6.07, 6.45) is 4.02. The van der Waals surface area contributed by atoms with Crippen LogP contribution in [-0.2, 0) is 9.59 Å². The highest BCUT2D eigenvalue weighted by atomic mass is 32.1. The Labute approximate surface area is 156 Å². The molecular weight excluding hydrogens is 352 g/mol. The molecule has 8 heteroatoms. The minimum atomic E-state index is -0.349. The number of ether oxygens (including phenoxy) is 1. The zero-order valence-electron chi connectivity index (χ0n) is 14.4. The summed E-state index contributed by atoms with van der Waals surface area (Å²) in [7, 11) is 0. The van der Waals surface area contributed by atoms with Crippen LogP contribution in [0.25, 0.3) is 0 Å². The molecule has 0 aliphatic carbocycles. The second kappa shape index (κ2) is 9.30. The van der Waals surface area contributed by atoms with Gasteiger partial charge in [0.2, 0.25) is 5.91 Å². The number of anilines is 1. The molecule has 2 heterocycles. The summed E-state index contributed by atoms with van der Waals surface area (Å²) in [4.78, 5) is 29.2. The molecule has 0 saturated carbocycles. The third kappa shape index (κ3) is 5.53. The number of benzene rings is 1. The van der Waals surface area contributed by atoms with Gasteiger partial charge in [-0.2, -0.15) is 0 Å². The van der Waals surface area contributed by atoms with E-state index in [1.807, 2.05) is 24.4 Å². The van der Waals surface area contributed by atoms with Crippen LogP contribution in [0.3, 0.4) is 0 Å². The molecule has 2 amide bonds. The van der Waals surface area contributed by atoms with E-state index < -0.39 is 0 Å². The van der Waals surface area contributed by atoms with Gasteiger partial charge in [0, 0.05) is 11.1 Å². The van der Waals surface area contributed by atoms with Gasteiger partial charge in [-0.25, -0.2) is 4.98 Å². The molecule has 138 valence electrons. The van der Waals surface area contributed by atoms with Gasteiger partial charge >= 0.3 is 0 Å². The molecule has 7 nitrogen and oxygen atoms in total. The van der Waals surface area contributed by atoms with E-state index in [0.29, 0.717) is 16.8 Å². The minimum Gasteiger partial charge on any atom is -0.484 e. The number of nitrogens with one attached hydrogen (secondary N) is 3. The standard InChI is InChI=1S/C18H22N4O3S/c23-16(11-20-17(24)12-25-14-4-2-1-3-5-14)22-18-21-10-15(26-18)13-6-8-19-9-7-13/h1-5,10,13,19H,6-9,11-12H2,(H,20,24)(H,21,22,23). The van der Waals surface area contributed by atoms with Gasteiger partial charge in [0.1, 0.15) is 5.75 Å². The molecule has 0 atom stereocenters. The number of thiazole rings is 1. The molecule has 0 bridgehead atoms. The van der Waals surface area contributed by atoms with Crippen molar-refractivity contribution >= 4 is 28.3 Å². The fraction of sp³-hybridized carbons (Fsp3) is 0.389. The molecule has 1 aliphatic heterocycles. The van der Waals surface area contributed by atoms with Crippen LogP contribution in [0.1, 0.15) is 23.6 Å². The first-order chi connectivity index (χ1) is 12.7. The van der Waals surface area contributed by atoms with Crippen LogP contribution < -0.4 is 20.7 Å². The van der Waals surface area contributed by atoms with E-state index in [1.54, 1.807) is 12.1 Å². The summed E-state index contributed by atoms with van der Waals surface area (Å²) in [5, 5.41) is 9.17. The Morgan fingerprint density at radius 1 is 1.19 bits per heavy atom. The lowest BCUT2D eigenvalue weighted by molar-refractivity contribution is -0.125. The lowest BCUT2D eigenvalue weighted by Gasteiger charge is -2.20. The molecule has 3 N–H and O–H groups in total. The van der Waals surface area contributed by atoms with Crippen LogP contribution in [0.5, 0.6) is 5.75 Å². The molecule has 1 saturated heterocycles. The van der Waals surface area contributed by atoms with E-state index in [1.165, 1.54) is 16.2 Å². The zero-order valence-corrected chi connectivity index (χ0v) is 15.2. The fourth-order valence-corrected chi connectivity index (χ4v) is 3.70. The Bertz CT molecular complexity index is 729. The van der Waals surface area contributed by atoms with Gasteiger partial charge < -0.3 is 20.7 Å². The third-order valence-corrected chi connectivity index (χ3v) is 5.15. The van der Waals surface area contributed by atoms with E-state index in [-0.39, 0.29) is 25.0 Å². The van der Waals surface area contributed by atoms with Gasteiger partial charge in [-0.1, -0.05) is 18.2 Å². The van der Waals surface area contributed by atoms with Crippen molar-refractivity contribution in [1.82, 2.24) is 15.6 Å². The first-order valence-corrected chi connectivity index (χ1v) is 9.43. The van der Waals surface area contributed by atoms with Crippen molar-refractivity contribution in [1.29, 1.82) is 0 Å². The summed E-state index contributed by atoms with van der Waals surface area (Å²) < 4.78 is 5.33. The van der Waals surface area contributed by atoms with Gasteiger partial charge in [-0.3, -0.25) is 9.59 Å². The van der Waals surface area contributed by atoms with Crippen molar-refractivity contribution in [2.75, 3.05) is 31.6 Å². The summed E-state index contributed by atoms with van der Waals surface area (Å²) in [5.41, 5.74) is 0. The maximum absolute atomic E-state index is 12.0. The van der Waals surface area contributed by atoms with Crippen molar-refractivity contribution in [3.63, 3.8) is 0 Å². The highest BCUT2D eigenvalue weighted by Crippen LogP contribution is 2.31. The van der Waals surface area contributed by atoms with Crippen LogP contribution in [0, 0.1) is 0 Å². The number of para-hydroxylation sites is 1. The highest BCUT2D eigenvalue weighted by Gasteiger charge is 2.18. The van der Waals surface area contributed by atoms with Crippen LogP contribution >= 0.6 is 11.3 Å². The molecule has 1 aliphatic rings. The lowest BCUT2D eigenvalue weighted by atomic mass is 9.97. The maximum Gasteiger partial charge on any atom is 0.258 e. The molecule has 1 fully saturated rings. The minimum absolute atomic E-state index is 0.112. The van der Waals surface area contributed by atoms with Crippen LogP contribution in [-0.4, -0.2) is 43.0 Å². The number of carbonyl (C=O) groups is 2. The summed E-state index contributed by atoms with van der Waals surface area (Å²) >= 11 is 1.50. The second-order valence-corrected chi connectivity index (χ2v) is 7.08. The number of amides is 2. The molecule has 0 unspecified atom stereocenters. The van der Waals surface area contributed by atoms with Crippen LogP contribution in [0.2, 0.25) is 0 Å². The van der Waals surface area contributed by atoms with Crippen molar-refractivity contribution in [3.8, 4) is 5.75 Å². The first kappa shape index (κ1) is 18.3. The normalized spacial score (nSPS) is 14.6. The molecule has 0 radical (unpaired) electrons.